The molecule has 1 atom stereocenters. The maximum atomic E-state index is 8.81. The van der Waals surface area contributed by atoms with Crippen molar-refractivity contribution in [2.75, 3.05) is 13.6 Å². The van der Waals surface area contributed by atoms with Crippen LogP contribution in [0.2, 0.25) is 0 Å². The fourth-order valence-electron chi connectivity index (χ4n) is 2.23. The first-order valence-corrected chi connectivity index (χ1v) is 5.44. The van der Waals surface area contributed by atoms with Crippen LogP contribution in [0.4, 0.5) is 0 Å². The highest BCUT2D eigenvalue weighted by Gasteiger charge is 2.41. The minimum Gasteiger partial charge on any atom is -0.246 e. The van der Waals surface area contributed by atoms with Crippen LogP contribution in [0.15, 0.2) is 28.5 Å². The third kappa shape index (κ3) is 1.42. The molecule has 0 amide bonds. The number of hydrogen-bond donors (Lipinski definition) is 0. The number of allylic oxidation sites excluding steroid dienone is 2. The maximum Gasteiger partial charge on any atom is 0.222 e. The summed E-state index contributed by atoms with van der Waals surface area (Å²) in [6.45, 7) is 3.11. The van der Waals surface area contributed by atoms with Gasteiger partial charge >= 0.3 is 0 Å². The van der Waals surface area contributed by atoms with Crippen molar-refractivity contribution in [3.05, 3.63) is 23.5 Å². The minimum atomic E-state index is 0.430. The SMILES string of the molecule is CC[N+]1(C)C2=CCCC=C2N=C1CC#N. The first-order chi connectivity index (χ1) is 7.22. The number of quaternary nitrogens is 1. The second-order valence-electron chi connectivity index (χ2n) is 4.13. The molecule has 78 valence electrons. The lowest BCUT2D eigenvalue weighted by atomic mass is 10.1. The van der Waals surface area contributed by atoms with Crippen molar-refractivity contribution >= 4 is 5.84 Å². The van der Waals surface area contributed by atoms with Crippen molar-refractivity contribution in [3.8, 4) is 6.07 Å². The summed E-state index contributed by atoms with van der Waals surface area (Å²) in [5.41, 5.74) is 2.38. The quantitative estimate of drug-likeness (QED) is 0.633. The summed E-state index contributed by atoms with van der Waals surface area (Å²) >= 11 is 0. The molecule has 3 nitrogen and oxygen atoms in total. The zero-order valence-electron chi connectivity index (χ0n) is 9.32. The normalized spacial score (nSPS) is 28.7. The molecule has 1 unspecified atom stereocenters. The second-order valence-corrected chi connectivity index (χ2v) is 4.13. The van der Waals surface area contributed by atoms with E-state index in [-0.39, 0.29) is 0 Å². The van der Waals surface area contributed by atoms with Gasteiger partial charge in [-0.3, -0.25) is 0 Å². The van der Waals surface area contributed by atoms with E-state index in [0.717, 1.165) is 35.4 Å². The molecular weight excluding hydrogens is 186 g/mol. The summed E-state index contributed by atoms with van der Waals surface area (Å²) in [5, 5.41) is 8.81. The molecule has 0 fully saturated rings. The van der Waals surface area contributed by atoms with Gasteiger partial charge in [0.05, 0.1) is 19.7 Å². The lowest BCUT2D eigenvalue weighted by molar-refractivity contribution is -0.773. The third-order valence-corrected chi connectivity index (χ3v) is 3.32. The van der Waals surface area contributed by atoms with Crippen LogP contribution in [0.5, 0.6) is 0 Å². The number of nitriles is 1. The van der Waals surface area contributed by atoms with Gasteiger partial charge in [-0.05, 0) is 25.8 Å². The molecule has 15 heavy (non-hydrogen) atoms. The summed E-state index contributed by atoms with van der Waals surface area (Å²) in [7, 11) is 2.15. The summed E-state index contributed by atoms with van der Waals surface area (Å²) in [4.78, 5) is 4.58. The van der Waals surface area contributed by atoms with E-state index in [0.29, 0.717) is 6.42 Å². The molecule has 1 aliphatic carbocycles. The van der Waals surface area contributed by atoms with Crippen LogP contribution in [0.3, 0.4) is 0 Å². The van der Waals surface area contributed by atoms with Gasteiger partial charge in [-0.15, -0.1) is 0 Å². The average Bonchev–Trinajstić information content (AvgIpc) is 2.55. The van der Waals surface area contributed by atoms with Gasteiger partial charge in [0.1, 0.15) is 12.1 Å². The Balaban J connectivity index is 2.44. The summed E-state index contributed by atoms with van der Waals surface area (Å²) in [6, 6.07) is 2.21. The molecular formula is C12H16N3+. The Morgan fingerprint density at radius 2 is 2.20 bits per heavy atom. The predicted octanol–water partition coefficient (Wildman–Crippen LogP) is 2.34. The zero-order valence-corrected chi connectivity index (χ0v) is 9.32. The Hall–Kier alpha value is -1.40. The maximum absolute atomic E-state index is 8.81. The number of fused-ring (bicyclic) bond motifs is 1. The van der Waals surface area contributed by atoms with Crippen LogP contribution < -0.4 is 0 Å². The first kappa shape index (κ1) is 10.1. The van der Waals surface area contributed by atoms with E-state index in [1.54, 1.807) is 0 Å². The molecule has 0 aromatic carbocycles. The Kier molecular flexibility index (Phi) is 2.45. The predicted molar refractivity (Wildman–Crippen MR) is 59.8 cm³/mol. The van der Waals surface area contributed by atoms with E-state index >= 15 is 0 Å². The number of nitrogens with zero attached hydrogens (tertiary/aromatic N) is 3. The van der Waals surface area contributed by atoms with Crippen LogP contribution >= 0.6 is 0 Å². The third-order valence-electron chi connectivity index (χ3n) is 3.32. The van der Waals surface area contributed by atoms with Crippen molar-refractivity contribution in [2.24, 2.45) is 4.99 Å². The van der Waals surface area contributed by atoms with Gasteiger partial charge in [0.2, 0.25) is 5.84 Å². The van der Waals surface area contributed by atoms with Gasteiger partial charge in [-0.2, -0.15) is 10.3 Å². The van der Waals surface area contributed by atoms with Crippen molar-refractivity contribution < 1.29 is 4.48 Å². The van der Waals surface area contributed by atoms with Crippen molar-refractivity contribution in [1.29, 1.82) is 5.26 Å². The van der Waals surface area contributed by atoms with Crippen LogP contribution in [0, 0.1) is 11.3 Å². The van der Waals surface area contributed by atoms with Gasteiger partial charge < -0.3 is 0 Å². The first-order valence-electron chi connectivity index (χ1n) is 5.44. The number of aliphatic imine (C=N–C) groups is 1. The van der Waals surface area contributed by atoms with E-state index < -0.39 is 0 Å². The van der Waals surface area contributed by atoms with Gasteiger partial charge in [0, 0.05) is 0 Å². The van der Waals surface area contributed by atoms with Crippen molar-refractivity contribution in [1.82, 2.24) is 0 Å². The summed E-state index contributed by atoms with van der Waals surface area (Å²) < 4.78 is 0.722. The fraction of sp³-hybridized carbons (Fsp3) is 0.500. The highest BCUT2D eigenvalue weighted by atomic mass is 15.4. The smallest absolute Gasteiger partial charge is 0.222 e. The molecule has 1 heterocycles. The molecule has 1 aliphatic heterocycles. The van der Waals surface area contributed by atoms with Crippen LogP contribution in [-0.2, 0) is 0 Å². The number of hydrogen-bond acceptors (Lipinski definition) is 2. The van der Waals surface area contributed by atoms with E-state index in [9.17, 15) is 0 Å². The van der Waals surface area contributed by atoms with Gasteiger partial charge in [-0.25, -0.2) is 4.48 Å². The summed E-state index contributed by atoms with van der Waals surface area (Å²) in [6.07, 6.45) is 7.06. The number of rotatable bonds is 2. The minimum absolute atomic E-state index is 0.430. The van der Waals surface area contributed by atoms with E-state index in [4.69, 9.17) is 5.26 Å². The molecule has 0 N–H and O–H groups in total. The Bertz CT molecular complexity index is 409. The topological polar surface area (TPSA) is 36.1 Å². The Labute approximate surface area is 90.6 Å². The highest BCUT2D eigenvalue weighted by molar-refractivity contribution is 5.83. The number of likely N-dealkylation sites (N-methyl/N-ethyl adjacent to an activating group) is 1. The molecule has 0 spiro atoms. The molecule has 2 aliphatic rings. The van der Waals surface area contributed by atoms with Crippen molar-refractivity contribution in [2.45, 2.75) is 26.2 Å². The van der Waals surface area contributed by atoms with Crippen molar-refractivity contribution in [3.63, 3.8) is 0 Å². The summed E-state index contributed by atoms with van der Waals surface area (Å²) in [5.74, 6) is 0.986. The van der Waals surface area contributed by atoms with E-state index in [2.05, 4.69) is 37.2 Å². The average molecular weight is 202 g/mol. The lowest BCUT2D eigenvalue weighted by Gasteiger charge is -2.29. The van der Waals surface area contributed by atoms with Gasteiger partial charge in [0.15, 0.2) is 5.70 Å². The standard InChI is InChI=1S/C12H16N3/c1-3-15(2)11-7-5-4-6-10(11)14-12(15)8-9-13/h6-7H,3-5,8H2,1-2H3/q+1. The van der Waals surface area contributed by atoms with Gasteiger partial charge in [0.25, 0.3) is 0 Å². The van der Waals surface area contributed by atoms with E-state index in [1.807, 2.05) is 0 Å². The van der Waals surface area contributed by atoms with Crippen LogP contribution in [0.25, 0.3) is 0 Å². The molecule has 3 heteroatoms. The fourth-order valence-corrected chi connectivity index (χ4v) is 2.23. The molecule has 0 aromatic rings. The number of amidine groups is 1. The second kappa shape index (κ2) is 3.63. The molecule has 0 radical (unpaired) electrons. The molecule has 0 bridgehead atoms. The Morgan fingerprint density at radius 3 is 2.87 bits per heavy atom. The highest BCUT2D eigenvalue weighted by Crippen LogP contribution is 2.35. The monoisotopic (exact) mass is 202 g/mol. The van der Waals surface area contributed by atoms with Crippen LogP contribution in [-0.4, -0.2) is 23.9 Å². The molecule has 0 saturated heterocycles. The lowest BCUT2D eigenvalue weighted by Crippen LogP contribution is -2.45. The van der Waals surface area contributed by atoms with Gasteiger partial charge in [-0.1, -0.05) is 6.08 Å². The van der Waals surface area contributed by atoms with E-state index in [1.165, 1.54) is 5.70 Å². The molecule has 0 aromatic heterocycles. The molecule has 0 saturated carbocycles. The van der Waals surface area contributed by atoms with Crippen LogP contribution in [0.1, 0.15) is 26.2 Å². The molecule has 2 rings (SSSR count). The zero-order chi connectivity index (χ0) is 10.9. The Morgan fingerprint density at radius 1 is 1.47 bits per heavy atom. The largest absolute Gasteiger partial charge is 0.246 e.